The maximum atomic E-state index is 9.02. The van der Waals surface area contributed by atoms with Gasteiger partial charge in [0.2, 0.25) is 0 Å². The molecule has 0 atom stereocenters. The highest BCUT2D eigenvalue weighted by Gasteiger charge is 2.08. The van der Waals surface area contributed by atoms with Crippen LogP contribution in [0.1, 0.15) is 5.56 Å². The Morgan fingerprint density at radius 1 is 1.35 bits per heavy atom. The van der Waals surface area contributed by atoms with Gasteiger partial charge in [-0.25, -0.2) is 4.98 Å². The van der Waals surface area contributed by atoms with E-state index in [0.29, 0.717) is 21.3 Å². The molecule has 1 aromatic carbocycles. The van der Waals surface area contributed by atoms with E-state index < -0.39 is 0 Å². The van der Waals surface area contributed by atoms with Crippen molar-refractivity contribution in [2.24, 2.45) is 0 Å². The van der Waals surface area contributed by atoms with Crippen LogP contribution in [0.3, 0.4) is 0 Å². The summed E-state index contributed by atoms with van der Waals surface area (Å²) >= 11 is 7.36. The molecule has 2 rings (SSSR count). The summed E-state index contributed by atoms with van der Waals surface area (Å²) in [6.07, 6.45) is 1.66. The summed E-state index contributed by atoms with van der Waals surface area (Å²) in [4.78, 5) is 4.96. The molecule has 5 heteroatoms. The number of pyridine rings is 1. The third-order valence-electron chi connectivity index (χ3n) is 2.06. The SMILES string of the molecule is N#Cc1cc(N)ccc1Sc1ncccc1Cl. The van der Waals surface area contributed by atoms with Crippen molar-refractivity contribution in [2.45, 2.75) is 9.92 Å². The van der Waals surface area contributed by atoms with Crippen molar-refractivity contribution in [3.8, 4) is 6.07 Å². The topological polar surface area (TPSA) is 62.7 Å². The standard InChI is InChI=1S/C12H8ClN3S/c13-10-2-1-5-16-12(10)17-11-4-3-9(15)6-8(11)7-14/h1-6H,15H2. The van der Waals surface area contributed by atoms with Crippen LogP contribution in [0.15, 0.2) is 46.5 Å². The number of nitrogen functional groups attached to an aromatic ring is 1. The van der Waals surface area contributed by atoms with E-state index >= 15 is 0 Å². The monoisotopic (exact) mass is 261 g/mol. The van der Waals surface area contributed by atoms with Gasteiger partial charge in [0.15, 0.2) is 0 Å². The van der Waals surface area contributed by atoms with E-state index in [4.69, 9.17) is 22.6 Å². The van der Waals surface area contributed by atoms with Crippen molar-refractivity contribution in [3.63, 3.8) is 0 Å². The van der Waals surface area contributed by atoms with Crippen molar-refractivity contribution in [2.75, 3.05) is 5.73 Å². The molecule has 17 heavy (non-hydrogen) atoms. The van der Waals surface area contributed by atoms with E-state index in [9.17, 15) is 0 Å². The van der Waals surface area contributed by atoms with Gasteiger partial charge >= 0.3 is 0 Å². The van der Waals surface area contributed by atoms with Crippen LogP contribution in [-0.2, 0) is 0 Å². The van der Waals surface area contributed by atoms with Crippen LogP contribution < -0.4 is 5.73 Å². The second-order valence-electron chi connectivity index (χ2n) is 3.26. The van der Waals surface area contributed by atoms with Crippen molar-refractivity contribution in [1.29, 1.82) is 5.26 Å². The Labute approximate surface area is 108 Å². The molecule has 2 aromatic rings. The van der Waals surface area contributed by atoms with Crippen molar-refractivity contribution in [1.82, 2.24) is 4.98 Å². The number of benzene rings is 1. The Hall–Kier alpha value is -1.70. The zero-order chi connectivity index (χ0) is 12.3. The number of nitrogens with two attached hydrogens (primary N) is 1. The minimum atomic E-state index is 0.525. The molecule has 0 aliphatic carbocycles. The van der Waals surface area contributed by atoms with Crippen LogP contribution in [0.4, 0.5) is 5.69 Å². The lowest BCUT2D eigenvalue weighted by atomic mass is 10.2. The molecule has 0 bridgehead atoms. The van der Waals surface area contributed by atoms with E-state index in [1.807, 2.05) is 0 Å². The third-order valence-corrected chi connectivity index (χ3v) is 3.57. The first-order valence-corrected chi connectivity index (χ1v) is 5.98. The minimum Gasteiger partial charge on any atom is -0.399 e. The van der Waals surface area contributed by atoms with Gasteiger partial charge in [0.1, 0.15) is 11.1 Å². The fourth-order valence-corrected chi connectivity index (χ4v) is 2.35. The Balaban J connectivity index is 2.37. The number of aromatic nitrogens is 1. The average molecular weight is 262 g/mol. The quantitative estimate of drug-likeness (QED) is 0.842. The van der Waals surface area contributed by atoms with Crippen LogP contribution in [0.2, 0.25) is 5.02 Å². The summed E-state index contributed by atoms with van der Waals surface area (Å²) in [5, 5.41) is 10.3. The van der Waals surface area contributed by atoms with Crippen LogP contribution >= 0.6 is 23.4 Å². The highest BCUT2D eigenvalue weighted by molar-refractivity contribution is 7.99. The maximum absolute atomic E-state index is 9.02. The Bertz CT molecular complexity index is 593. The molecule has 3 nitrogen and oxygen atoms in total. The number of nitrogens with zero attached hydrogens (tertiary/aromatic N) is 2. The van der Waals surface area contributed by atoms with Gasteiger partial charge in [0.25, 0.3) is 0 Å². The largest absolute Gasteiger partial charge is 0.399 e. The first-order valence-electron chi connectivity index (χ1n) is 4.78. The summed E-state index contributed by atoms with van der Waals surface area (Å²) in [5.41, 5.74) is 6.72. The van der Waals surface area contributed by atoms with E-state index in [-0.39, 0.29) is 0 Å². The fourth-order valence-electron chi connectivity index (χ4n) is 1.27. The van der Waals surface area contributed by atoms with Gasteiger partial charge in [-0.2, -0.15) is 5.26 Å². The number of nitriles is 1. The molecule has 1 aromatic heterocycles. The van der Waals surface area contributed by atoms with Gasteiger partial charge in [-0.1, -0.05) is 23.4 Å². The molecule has 0 saturated carbocycles. The highest BCUT2D eigenvalue weighted by atomic mass is 35.5. The first-order chi connectivity index (χ1) is 8.20. The van der Waals surface area contributed by atoms with Crippen molar-refractivity contribution >= 4 is 29.1 Å². The molecule has 0 fully saturated rings. The lowest BCUT2D eigenvalue weighted by Gasteiger charge is -2.05. The Morgan fingerprint density at radius 2 is 2.18 bits per heavy atom. The number of anilines is 1. The maximum Gasteiger partial charge on any atom is 0.119 e. The summed E-state index contributed by atoms with van der Waals surface area (Å²) in [6, 6.07) is 10.8. The summed E-state index contributed by atoms with van der Waals surface area (Å²) in [7, 11) is 0. The number of hydrogen-bond acceptors (Lipinski definition) is 4. The van der Waals surface area contributed by atoms with Crippen molar-refractivity contribution in [3.05, 3.63) is 47.1 Å². The molecule has 84 valence electrons. The molecular formula is C12H8ClN3S. The van der Waals surface area contributed by atoms with Gasteiger partial charge in [-0.05, 0) is 30.3 Å². The normalized spacial score (nSPS) is 9.88. The summed E-state index contributed by atoms with van der Waals surface area (Å²) in [6.45, 7) is 0. The van der Waals surface area contributed by atoms with Crippen molar-refractivity contribution < 1.29 is 0 Å². The van der Waals surface area contributed by atoms with Gasteiger partial charge < -0.3 is 5.73 Å². The van der Waals surface area contributed by atoms with Gasteiger partial charge in [0, 0.05) is 16.8 Å². The lowest BCUT2D eigenvalue weighted by molar-refractivity contribution is 1.13. The second-order valence-corrected chi connectivity index (χ2v) is 4.70. The molecular weight excluding hydrogens is 254 g/mol. The number of rotatable bonds is 2. The number of halogens is 1. The molecule has 0 aliphatic rings. The van der Waals surface area contributed by atoms with E-state index in [1.54, 1.807) is 36.5 Å². The Kier molecular flexibility index (Phi) is 3.52. The molecule has 0 saturated heterocycles. The molecule has 0 radical (unpaired) electrons. The van der Waals surface area contributed by atoms with E-state index in [2.05, 4.69) is 11.1 Å². The highest BCUT2D eigenvalue weighted by Crippen LogP contribution is 2.33. The zero-order valence-electron chi connectivity index (χ0n) is 8.72. The predicted octanol–water partition coefficient (Wildman–Crippen LogP) is 3.34. The second kappa shape index (κ2) is 5.09. The lowest BCUT2D eigenvalue weighted by Crippen LogP contribution is -1.89. The summed E-state index contributed by atoms with van der Waals surface area (Å²) in [5.74, 6) is 0. The van der Waals surface area contributed by atoms with E-state index in [1.165, 1.54) is 11.8 Å². The first kappa shape index (κ1) is 11.8. The molecule has 0 unspecified atom stereocenters. The predicted molar refractivity (Wildman–Crippen MR) is 68.9 cm³/mol. The molecule has 2 N–H and O–H groups in total. The van der Waals surface area contributed by atoms with Gasteiger partial charge in [-0.3, -0.25) is 0 Å². The average Bonchev–Trinajstić information content (AvgIpc) is 2.34. The van der Waals surface area contributed by atoms with Gasteiger partial charge in [0.05, 0.1) is 10.6 Å². The van der Waals surface area contributed by atoms with Crippen LogP contribution in [0, 0.1) is 11.3 Å². The molecule has 0 amide bonds. The van der Waals surface area contributed by atoms with Gasteiger partial charge in [-0.15, -0.1) is 0 Å². The molecule has 0 spiro atoms. The minimum absolute atomic E-state index is 0.525. The zero-order valence-corrected chi connectivity index (χ0v) is 10.3. The molecule has 0 aliphatic heterocycles. The smallest absolute Gasteiger partial charge is 0.119 e. The van der Waals surface area contributed by atoms with Crippen LogP contribution in [0.25, 0.3) is 0 Å². The molecule has 1 heterocycles. The summed E-state index contributed by atoms with van der Waals surface area (Å²) < 4.78 is 0. The Morgan fingerprint density at radius 3 is 2.88 bits per heavy atom. The van der Waals surface area contributed by atoms with Crippen LogP contribution in [-0.4, -0.2) is 4.98 Å². The van der Waals surface area contributed by atoms with Crippen LogP contribution in [0.5, 0.6) is 0 Å². The third kappa shape index (κ3) is 2.70. The van der Waals surface area contributed by atoms with E-state index in [0.717, 1.165) is 4.90 Å². The number of hydrogen-bond donors (Lipinski definition) is 1. The fraction of sp³-hybridized carbons (Fsp3) is 0.